The molecule has 2 aromatic carbocycles. The Labute approximate surface area is 179 Å². The van der Waals surface area contributed by atoms with E-state index in [0.29, 0.717) is 6.92 Å². The van der Waals surface area contributed by atoms with Crippen LogP contribution in [0.15, 0.2) is 34.1 Å². The van der Waals surface area contributed by atoms with E-state index in [9.17, 15) is 38.8 Å². The van der Waals surface area contributed by atoms with E-state index in [4.69, 9.17) is 8.37 Å². The first-order valence-electron chi connectivity index (χ1n) is 8.82. The molecule has 13 heteroatoms. The summed E-state index contributed by atoms with van der Waals surface area (Å²) in [5, 5.41) is 0. The van der Waals surface area contributed by atoms with Crippen LogP contribution in [0.5, 0.6) is 0 Å². The molecule has 2 aromatic rings. The Morgan fingerprint density at radius 2 is 0.969 bits per heavy atom. The van der Waals surface area contributed by atoms with Crippen LogP contribution in [0, 0.1) is 36.0 Å². The largest absolute Gasteiger partial charge is 0.298 e. The van der Waals surface area contributed by atoms with E-state index in [-0.39, 0.29) is 17.7 Å². The molecular formula is C19H13F5O6S2. The highest BCUT2D eigenvalue weighted by Gasteiger charge is 2.67. The summed E-state index contributed by atoms with van der Waals surface area (Å²) in [5.41, 5.74) is -7.88. The molecule has 0 saturated heterocycles. The highest BCUT2D eigenvalue weighted by Crippen LogP contribution is 2.60. The summed E-state index contributed by atoms with van der Waals surface area (Å²) in [6, 6.07) is 2.02. The molecule has 0 aliphatic carbocycles. The van der Waals surface area contributed by atoms with Crippen molar-refractivity contribution < 1.29 is 47.2 Å². The summed E-state index contributed by atoms with van der Waals surface area (Å²) in [6.07, 6.45) is 0. The number of halogens is 5. The molecule has 0 bridgehead atoms. The van der Waals surface area contributed by atoms with Crippen LogP contribution in [0.1, 0.15) is 30.5 Å². The van der Waals surface area contributed by atoms with Gasteiger partial charge in [-0.2, -0.15) is 16.8 Å². The Kier molecular flexibility index (Phi) is 4.70. The third kappa shape index (κ3) is 2.95. The Hall–Kier alpha value is -2.35. The van der Waals surface area contributed by atoms with E-state index >= 15 is 0 Å². The zero-order valence-corrected chi connectivity index (χ0v) is 18.1. The number of benzene rings is 2. The second-order valence-corrected chi connectivity index (χ2v) is 10.6. The van der Waals surface area contributed by atoms with Crippen LogP contribution in [0.4, 0.5) is 22.0 Å². The smallest absolute Gasteiger partial charge is 0.249 e. The van der Waals surface area contributed by atoms with E-state index in [2.05, 4.69) is 0 Å². The van der Waals surface area contributed by atoms with Crippen molar-refractivity contribution in [2.75, 3.05) is 0 Å². The van der Waals surface area contributed by atoms with Gasteiger partial charge < -0.3 is 0 Å². The number of hydrogen-bond acceptors (Lipinski definition) is 6. The first-order chi connectivity index (χ1) is 14.5. The van der Waals surface area contributed by atoms with Crippen LogP contribution in [0.3, 0.4) is 0 Å². The lowest BCUT2D eigenvalue weighted by atomic mass is 9.88. The zero-order valence-electron chi connectivity index (χ0n) is 16.5. The minimum Gasteiger partial charge on any atom is -0.249 e. The third-order valence-corrected chi connectivity index (χ3v) is 8.70. The monoisotopic (exact) mass is 496 g/mol. The second kappa shape index (κ2) is 6.59. The summed E-state index contributed by atoms with van der Waals surface area (Å²) in [7, 11) is -10.4. The topological polar surface area (TPSA) is 86.7 Å². The fourth-order valence-electron chi connectivity index (χ4n) is 4.20. The normalized spacial score (nSPS) is 28.2. The minimum absolute atomic E-state index is 0.105. The molecule has 172 valence electrons. The van der Waals surface area contributed by atoms with Crippen molar-refractivity contribution in [1.82, 2.24) is 0 Å². The van der Waals surface area contributed by atoms with Crippen LogP contribution in [-0.4, -0.2) is 16.8 Å². The molecule has 0 radical (unpaired) electrons. The second-order valence-electron chi connectivity index (χ2n) is 7.65. The first kappa shape index (κ1) is 22.8. The van der Waals surface area contributed by atoms with Gasteiger partial charge in [-0.25, -0.2) is 30.3 Å². The average molecular weight is 496 g/mol. The molecule has 2 unspecified atom stereocenters. The molecule has 0 saturated carbocycles. The van der Waals surface area contributed by atoms with Crippen LogP contribution >= 0.6 is 0 Å². The van der Waals surface area contributed by atoms with Crippen LogP contribution < -0.4 is 0 Å². The Bertz CT molecular complexity index is 1300. The van der Waals surface area contributed by atoms with Crippen molar-refractivity contribution in [2.24, 2.45) is 0 Å². The minimum atomic E-state index is -5.18. The zero-order chi connectivity index (χ0) is 24.0. The molecule has 2 aliphatic rings. The Morgan fingerprint density at radius 1 is 0.656 bits per heavy atom. The van der Waals surface area contributed by atoms with Crippen LogP contribution in [0.2, 0.25) is 0 Å². The van der Waals surface area contributed by atoms with Crippen LogP contribution in [0.25, 0.3) is 0 Å². The lowest BCUT2D eigenvalue weighted by Gasteiger charge is -2.28. The highest BCUT2D eigenvalue weighted by molar-refractivity contribution is 7.96. The van der Waals surface area contributed by atoms with Gasteiger partial charge >= 0.3 is 0 Å². The molecule has 0 aromatic heterocycles. The summed E-state index contributed by atoms with van der Waals surface area (Å²) in [5.74, 6) is -7.30. The van der Waals surface area contributed by atoms with Gasteiger partial charge in [-0.1, -0.05) is 0 Å². The molecule has 2 heterocycles. The molecule has 4 rings (SSSR count). The van der Waals surface area contributed by atoms with Gasteiger partial charge in [-0.05, 0) is 38.5 Å². The highest BCUT2D eigenvalue weighted by atomic mass is 32.2. The van der Waals surface area contributed by atoms with Crippen molar-refractivity contribution >= 4 is 20.2 Å². The Balaban J connectivity index is 2.12. The third-order valence-electron chi connectivity index (χ3n) is 5.27. The van der Waals surface area contributed by atoms with Crippen molar-refractivity contribution in [3.05, 3.63) is 79.9 Å². The lowest BCUT2D eigenvalue weighted by Crippen LogP contribution is -2.35. The fourth-order valence-corrected chi connectivity index (χ4v) is 8.38. The predicted octanol–water partition coefficient (Wildman–Crippen LogP) is 3.75. The predicted molar refractivity (Wildman–Crippen MR) is 99.2 cm³/mol. The summed E-state index contributed by atoms with van der Waals surface area (Å²) < 4.78 is 133. The first-order valence-corrected chi connectivity index (χ1v) is 11.6. The fraction of sp³-hybridized carbons (Fsp3) is 0.263. The van der Waals surface area contributed by atoms with E-state index < -0.39 is 81.5 Å². The van der Waals surface area contributed by atoms with Gasteiger partial charge in [0.1, 0.15) is 38.9 Å². The molecule has 0 amide bonds. The molecule has 32 heavy (non-hydrogen) atoms. The molecule has 2 atom stereocenters. The molecule has 0 spiro atoms. The number of rotatable bonds is 2. The van der Waals surface area contributed by atoms with Gasteiger partial charge in [0.2, 0.25) is 0 Å². The van der Waals surface area contributed by atoms with E-state index in [1.54, 1.807) is 0 Å². The maximum Gasteiger partial charge on any atom is 0.298 e. The molecular weight excluding hydrogens is 483 g/mol. The van der Waals surface area contributed by atoms with Crippen molar-refractivity contribution in [1.29, 1.82) is 0 Å². The van der Waals surface area contributed by atoms with Crippen molar-refractivity contribution in [3.63, 3.8) is 0 Å². The van der Waals surface area contributed by atoms with Crippen molar-refractivity contribution in [2.45, 2.75) is 32.0 Å². The molecule has 2 aliphatic heterocycles. The number of aryl methyl sites for hydroxylation is 1. The summed E-state index contributed by atoms with van der Waals surface area (Å²) in [6.45, 7) is 2.82. The van der Waals surface area contributed by atoms with Gasteiger partial charge in [0.15, 0.2) is 11.2 Å². The lowest BCUT2D eigenvalue weighted by molar-refractivity contribution is 0.127. The maximum absolute atomic E-state index is 14.7. The van der Waals surface area contributed by atoms with Gasteiger partial charge in [0, 0.05) is 12.1 Å². The molecule has 0 N–H and O–H groups in total. The summed E-state index contributed by atoms with van der Waals surface area (Å²) >= 11 is 0. The molecule has 0 fully saturated rings. The van der Waals surface area contributed by atoms with Gasteiger partial charge in [-0.3, -0.25) is 0 Å². The maximum atomic E-state index is 14.7. The van der Waals surface area contributed by atoms with E-state index in [1.807, 2.05) is 0 Å². The standard InChI is InChI=1S/C19H13F5O6S2/c1-8-4-10(21)14(11(22)5-8)18(2)16-17(32(27,28)29-18)19(3,30-31(16,25)26)15-12(23)6-9(20)7-13(15)24/h4-7H,1-3H3. The Morgan fingerprint density at radius 3 is 1.31 bits per heavy atom. The molecule has 6 nitrogen and oxygen atoms in total. The quantitative estimate of drug-likeness (QED) is 0.465. The van der Waals surface area contributed by atoms with Crippen molar-refractivity contribution in [3.8, 4) is 0 Å². The van der Waals surface area contributed by atoms with Gasteiger partial charge in [0.25, 0.3) is 20.2 Å². The van der Waals surface area contributed by atoms with E-state index in [1.165, 1.54) is 6.92 Å². The average Bonchev–Trinajstić information content (AvgIpc) is 2.93. The summed E-state index contributed by atoms with van der Waals surface area (Å²) in [4.78, 5) is -2.51. The SMILES string of the molecule is Cc1cc(F)c(C2(C)OS(=O)(=O)C3=C2S(=O)(=O)OC3(C)c2c(F)cc(F)cc2F)c(F)c1. The van der Waals surface area contributed by atoms with E-state index in [0.717, 1.165) is 19.1 Å². The van der Waals surface area contributed by atoms with Gasteiger partial charge in [0.05, 0.1) is 11.1 Å². The number of hydrogen-bond donors (Lipinski definition) is 0. The van der Waals surface area contributed by atoms with Crippen LogP contribution in [-0.2, 0) is 39.8 Å². The van der Waals surface area contributed by atoms with Gasteiger partial charge in [-0.15, -0.1) is 0 Å².